The largest absolute Gasteiger partial charge is 0.469 e. The summed E-state index contributed by atoms with van der Waals surface area (Å²) in [5.74, 6) is -0.567. The third-order valence-corrected chi connectivity index (χ3v) is 5.80. The third kappa shape index (κ3) is 3.54. The Kier molecular flexibility index (Phi) is 5.18. The lowest BCUT2D eigenvalue weighted by atomic mass is 9.99. The van der Waals surface area contributed by atoms with Crippen LogP contribution in [0.1, 0.15) is 23.2 Å². The van der Waals surface area contributed by atoms with Crippen molar-refractivity contribution in [3.8, 4) is 0 Å². The van der Waals surface area contributed by atoms with Gasteiger partial charge in [-0.1, -0.05) is 30.3 Å². The molecule has 0 aliphatic carbocycles. The van der Waals surface area contributed by atoms with Gasteiger partial charge in [0, 0.05) is 35.7 Å². The van der Waals surface area contributed by atoms with Crippen molar-refractivity contribution in [2.75, 3.05) is 14.2 Å². The van der Waals surface area contributed by atoms with Crippen LogP contribution in [0.3, 0.4) is 0 Å². The molecule has 3 aromatic rings. The summed E-state index contributed by atoms with van der Waals surface area (Å²) < 4.78 is 21.0. The van der Waals surface area contributed by atoms with Crippen LogP contribution in [0.25, 0.3) is 10.9 Å². The summed E-state index contributed by atoms with van der Waals surface area (Å²) in [6.07, 6.45) is 2.06. The number of esters is 1. The molecule has 1 aromatic heterocycles. The fourth-order valence-electron chi connectivity index (χ4n) is 4.32. The van der Waals surface area contributed by atoms with Crippen LogP contribution in [0.4, 0.5) is 4.39 Å². The van der Waals surface area contributed by atoms with E-state index in [0.29, 0.717) is 6.04 Å². The van der Waals surface area contributed by atoms with E-state index in [4.69, 9.17) is 4.74 Å². The van der Waals surface area contributed by atoms with E-state index in [-0.39, 0.29) is 18.2 Å². The van der Waals surface area contributed by atoms with Crippen LogP contribution < -0.4 is 0 Å². The number of halogens is 1. The average molecular weight is 380 g/mol. The maximum atomic E-state index is 13.9. The Hall–Kier alpha value is -2.66. The van der Waals surface area contributed by atoms with Gasteiger partial charge in [0.2, 0.25) is 0 Å². The van der Waals surface area contributed by atoms with E-state index in [1.807, 2.05) is 12.1 Å². The zero-order valence-corrected chi connectivity index (χ0v) is 16.3. The lowest BCUT2D eigenvalue weighted by Crippen LogP contribution is -2.38. The van der Waals surface area contributed by atoms with Gasteiger partial charge in [-0.05, 0) is 49.2 Å². The van der Waals surface area contributed by atoms with Crippen molar-refractivity contribution in [2.24, 2.45) is 0 Å². The van der Waals surface area contributed by atoms with Crippen LogP contribution in [0.2, 0.25) is 0 Å². The monoisotopic (exact) mass is 380 g/mol. The summed E-state index contributed by atoms with van der Waals surface area (Å²) in [6, 6.07) is 15.7. The van der Waals surface area contributed by atoms with E-state index in [2.05, 4.69) is 40.8 Å². The number of hydrogen-bond donors (Lipinski definition) is 0. The molecule has 0 amide bonds. The van der Waals surface area contributed by atoms with Crippen molar-refractivity contribution in [1.29, 1.82) is 0 Å². The molecule has 0 radical (unpaired) electrons. The molecule has 0 fully saturated rings. The van der Waals surface area contributed by atoms with Crippen LogP contribution in [-0.2, 0) is 35.5 Å². The summed E-state index contributed by atoms with van der Waals surface area (Å²) in [6.45, 7) is 1.73. The highest BCUT2D eigenvalue weighted by Crippen LogP contribution is 2.33. The van der Waals surface area contributed by atoms with Crippen LogP contribution >= 0.6 is 0 Å². The molecule has 0 saturated carbocycles. The Morgan fingerprint density at radius 1 is 1.25 bits per heavy atom. The van der Waals surface area contributed by atoms with E-state index in [1.54, 1.807) is 6.07 Å². The Morgan fingerprint density at radius 2 is 2.04 bits per heavy atom. The van der Waals surface area contributed by atoms with Gasteiger partial charge >= 0.3 is 5.97 Å². The first kappa shape index (κ1) is 18.7. The van der Waals surface area contributed by atoms with E-state index >= 15 is 0 Å². The number of carbonyl (C=O) groups is 1. The van der Waals surface area contributed by atoms with Crippen molar-refractivity contribution in [1.82, 2.24) is 9.47 Å². The normalized spacial score (nSPS) is 16.4. The second kappa shape index (κ2) is 7.76. The molecule has 5 heteroatoms. The first-order chi connectivity index (χ1) is 13.6. The molecule has 4 rings (SSSR count). The fourth-order valence-corrected chi connectivity index (χ4v) is 4.32. The molecule has 146 valence electrons. The summed E-state index contributed by atoms with van der Waals surface area (Å²) in [5, 5.41) is 0.826. The van der Waals surface area contributed by atoms with Gasteiger partial charge in [0.15, 0.2) is 0 Å². The molecule has 2 heterocycles. The van der Waals surface area contributed by atoms with Gasteiger partial charge in [-0.25, -0.2) is 4.39 Å². The molecule has 1 unspecified atom stereocenters. The lowest BCUT2D eigenvalue weighted by Gasteiger charge is -2.33. The highest BCUT2D eigenvalue weighted by atomic mass is 19.1. The Morgan fingerprint density at radius 3 is 2.79 bits per heavy atom. The van der Waals surface area contributed by atoms with Crippen molar-refractivity contribution in [3.05, 3.63) is 71.2 Å². The maximum Gasteiger partial charge on any atom is 0.310 e. The topological polar surface area (TPSA) is 34.5 Å². The van der Waals surface area contributed by atoms with Crippen LogP contribution in [-0.4, -0.2) is 35.6 Å². The number of carbonyl (C=O) groups excluding carboxylic acids is 1. The molecule has 4 nitrogen and oxygen atoms in total. The van der Waals surface area contributed by atoms with E-state index < -0.39 is 0 Å². The molecule has 0 bridgehead atoms. The van der Waals surface area contributed by atoms with Gasteiger partial charge in [0.1, 0.15) is 5.82 Å². The lowest BCUT2D eigenvalue weighted by molar-refractivity contribution is -0.139. The minimum Gasteiger partial charge on any atom is -0.469 e. The molecule has 1 aliphatic heterocycles. The van der Waals surface area contributed by atoms with Crippen molar-refractivity contribution in [2.45, 2.75) is 38.4 Å². The number of fused-ring (bicyclic) bond motifs is 3. The molecule has 0 N–H and O–H groups in total. The predicted octanol–water partition coefficient (Wildman–Crippen LogP) is 3.94. The van der Waals surface area contributed by atoms with Gasteiger partial charge in [-0.2, -0.15) is 0 Å². The van der Waals surface area contributed by atoms with Crippen LogP contribution in [0.15, 0.2) is 48.5 Å². The quantitative estimate of drug-likeness (QED) is 0.629. The minimum atomic E-state index is -0.289. The second-order valence-electron chi connectivity index (χ2n) is 7.54. The molecular weight excluding hydrogens is 355 g/mol. The number of rotatable bonds is 5. The van der Waals surface area contributed by atoms with E-state index in [9.17, 15) is 9.18 Å². The second-order valence-corrected chi connectivity index (χ2v) is 7.54. The van der Waals surface area contributed by atoms with Gasteiger partial charge in [0.25, 0.3) is 0 Å². The highest BCUT2D eigenvalue weighted by molar-refractivity contribution is 5.89. The Balaban J connectivity index is 1.65. The average Bonchev–Trinajstić information content (AvgIpc) is 3.00. The highest BCUT2D eigenvalue weighted by Gasteiger charge is 2.28. The van der Waals surface area contributed by atoms with Crippen molar-refractivity contribution in [3.63, 3.8) is 0 Å². The third-order valence-electron chi connectivity index (χ3n) is 5.80. The first-order valence-corrected chi connectivity index (χ1v) is 9.67. The van der Waals surface area contributed by atoms with Gasteiger partial charge < -0.3 is 9.30 Å². The zero-order chi connectivity index (χ0) is 19.7. The summed E-state index contributed by atoms with van der Waals surface area (Å²) in [7, 11) is 3.55. The molecule has 0 saturated heterocycles. The number of aromatic nitrogens is 1. The number of likely N-dealkylation sites (N-methyl/N-ethyl adjacent to an activating group) is 1. The molecular formula is C23H25FN2O2. The molecule has 28 heavy (non-hydrogen) atoms. The minimum absolute atomic E-state index is 0.184. The summed E-state index contributed by atoms with van der Waals surface area (Å²) in [5.41, 5.74) is 4.33. The number of ether oxygens (including phenoxy) is 1. The van der Waals surface area contributed by atoms with Crippen molar-refractivity contribution < 1.29 is 13.9 Å². The van der Waals surface area contributed by atoms with E-state index in [1.165, 1.54) is 18.7 Å². The smallest absolute Gasteiger partial charge is 0.310 e. The summed E-state index contributed by atoms with van der Waals surface area (Å²) >= 11 is 0. The van der Waals surface area contributed by atoms with Crippen LogP contribution in [0.5, 0.6) is 0 Å². The number of benzene rings is 2. The van der Waals surface area contributed by atoms with Gasteiger partial charge in [-0.15, -0.1) is 0 Å². The predicted molar refractivity (Wildman–Crippen MR) is 108 cm³/mol. The molecule has 0 spiro atoms. The zero-order valence-electron chi connectivity index (χ0n) is 16.3. The maximum absolute atomic E-state index is 13.9. The van der Waals surface area contributed by atoms with E-state index in [0.717, 1.165) is 48.1 Å². The standard InChI is InChI=1S/C23H25FN2O2/c1-25(14-16-6-4-3-5-7-16)18-9-11-22-20(13-23(27)28-2)19-12-17(24)8-10-21(19)26(22)15-18/h3-8,10,12,18H,9,11,13-15H2,1-2H3. The fraction of sp³-hybridized carbons (Fsp3) is 0.348. The van der Waals surface area contributed by atoms with Gasteiger partial charge in [-0.3, -0.25) is 9.69 Å². The number of hydrogen-bond acceptors (Lipinski definition) is 3. The number of nitrogens with zero attached hydrogens (tertiary/aromatic N) is 2. The first-order valence-electron chi connectivity index (χ1n) is 9.67. The van der Waals surface area contributed by atoms with Gasteiger partial charge in [0.05, 0.1) is 13.5 Å². The molecule has 1 atom stereocenters. The Bertz CT molecular complexity index is 997. The van der Waals surface area contributed by atoms with Crippen molar-refractivity contribution >= 4 is 16.9 Å². The summed E-state index contributed by atoms with van der Waals surface area (Å²) in [4.78, 5) is 14.3. The molecule has 2 aromatic carbocycles. The SMILES string of the molecule is COC(=O)Cc1c2n(c3ccc(F)cc13)CC(N(C)Cc1ccccc1)CC2. The Labute approximate surface area is 164 Å². The van der Waals surface area contributed by atoms with Crippen LogP contribution in [0, 0.1) is 5.82 Å². The number of methoxy groups -OCH3 is 1. The molecule has 1 aliphatic rings.